The summed E-state index contributed by atoms with van der Waals surface area (Å²) in [4.78, 5) is 25.0. The Morgan fingerprint density at radius 2 is 1.86 bits per heavy atom. The van der Waals surface area contributed by atoms with Crippen molar-refractivity contribution in [2.75, 3.05) is 5.32 Å². The Morgan fingerprint density at radius 3 is 2.50 bits per heavy atom. The van der Waals surface area contributed by atoms with Gasteiger partial charge in [-0.25, -0.2) is 0 Å². The van der Waals surface area contributed by atoms with Crippen molar-refractivity contribution < 1.29 is 9.59 Å². The average molecular weight is 423 g/mol. The molecule has 2 N–H and O–H groups in total. The molecule has 8 heteroatoms. The first-order valence-corrected chi connectivity index (χ1v) is 10.8. The molecule has 0 fully saturated rings. The third-order valence-electron chi connectivity index (χ3n) is 4.57. The van der Waals surface area contributed by atoms with Gasteiger partial charge in [-0.15, -0.1) is 10.2 Å². The number of hydrogen-bond donors (Lipinski definition) is 2. The van der Waals surface area contributed by atoms with Gasteiger partial charge in [0.05, 0.1) is 0 Å². The number of amides is 2. The summed E-state index contributed by atoms with van der Waals surface area (Å²) in [5.74, 6) is -0.344. The predicted octanol–water partition coefficient (Wildman–Crippen LogP) is 4.91. The Balaban J connectivity index is 2.02. The van der Waals surface area contributed by atoms with Crippen LogP contribution >= 0.6 is 22.9 Å². The summed E-state index contributed by atoms with van der Waals surface area (Å²) in [5, 5.41) is 15.6. The maximum atomic E-state index is 12.8. The van der Waals surface area contributed by atoms with E-state index < -0.39 is 6.04 Å². The Kier molecular flexibility index (Phi) is 8.86. The van der Waals surface area contributed by atoms with Crippen LogP contribution in [0.1, 0.15) is 52.9 Å². The van der Waals surface area contributed by atoms with Crippen LogP contribution in [0.25, 0.3) is 10.6 Å². The first kappa shape index (κ1) is 22.3. The zero-order valence-electron chi connectivity index (χ0n) is 16.5. The van der Waals surface area contributed by atoms with Crippen molar-refractivity contribution in [1.29, 1.82) is 0 Å². The smallest absolute Gasteiger partial charge is 0.249 e. The number of benzene rings is 1. The van der Waals surface area contributed by atoms with Gasteiger partial charge in [-0.05, 0) is 24.5 Å². The molecule has 1 heterocycles. The number of carbonyl (C=O) groups is 2. The monoisotopic (exact) mass is 422 g/mol. The van der Waals surface area contributed by atoms with E-state index in [2.05, 4.69) is 27.8 Å². The highest BCUT2D eigenvalue weighted by Crippen LogP contribution is 2.27. The Hall–Kier alpha value is -1.99. The van der Waals surface area contributed by atoms with Crippen molar-refractivity contribution in [3.05, 3.63) is 29.3 Å². The van der Waals surface area contributed by atoms with E-state index in [-0.39, 0.29) is 17.7 Å². The Labute approximate surface area is 175 Å². The van der Waals surface area contributed by atoms with Crippen molar-refractivity contribution in [2.45, 2.75) is 58.9 Å². The quantitative estimate of drug-likeness (QED) is 0.533. The summed E-state index contributed by atoms with van der Waals surface area (Å²) in [6, 6.07) is 6.68. The zero-order chi connectivity index (χ0) is 20.5. The molecule has 2 rings (SSSR count). The summed E-state index contributed by atoms with van der Waals surface area (Å²) in [7, 11) is 0. The fraction of sp³-hybridized carbons (Fsp3) is 0.500. The molecule has 0 aliphatic carbocycles. The molecule has 28 heavy (non-hydrogen) atoms. The molecule has 0 aliphatic heterocycles. The lowest BCUT2D eigenvalue weighted by molar-refractivity contribution is -0.127. The molecule has 2 atom stereocenters. The van der Waals surface area contributed by atoms with Crippen molar-refractivity contribution in [3.63, 3.8) is 0 Å². The minimum atomic E-state index is -0.595. The first-order chi connectivity index (χ1) is 13.4. The summed E-state index contributed by atoms with van der Waals surface area (Å²) in [5.41, 5.74) is 0.880. The van der Waals surface area contributed by atoms with E-state index >= 15 is 0 Å². The molecule has 0 aliphatic rings. The van der Waals surface area contributed by atoms with E-state index in [9.17, 15) is 9.59 Å². The second-order valence-corrected chi connectivity index (χ2v) is 8.21. The molecule has 2 amide bonds. The highest BCUT2D eigenvalue weighted by molar-refractivity contribution is 7.18. The van der Waals surface area contributed by atoms with Gasteiger partial charge in [-0.2, -0.15) is 0 Å². The van der Waals surface area contributed by atoms with Crippen LogP contribution in [0, 0.1) is 5.92 Å². The van der Waals surface area contributed by atoms with Gasteiger partial charge in [0.25, 0.3) is 0 Å². The predicted molar refractivity (Wildman–Crippen MR) is 115 cm³/mol. The maximum Gasteiger partial charge on any atom is 0.249 e. The van der Waals surface area contributed by atoms with Crippen LogP contribution in [-0.4, -0.2) is 28.1 Å². The molecule has 0 radical (unpaired) electrons. The van der Waals surface area contributed by atoms with Gasteiger partial charge in [0, 0.05) is 17.0 Å². The minimum absolute atomic E-state index is 0.0128. The molecule has 1 aromatic carbocycles. The van der Waals surface area contributed by atoms with Crippen LogP contribution in [0.15, 0.2) is 24.3 Å². The molecule has 0 saturated heterocycles. The molecule has 2 aromatic rings. The molecule has 0 saturated carbocycles. The topological polar surface area (TPSA) is 84.0 Å². The molecule has 0 unspecified atom stereocenters. The van der Waals surface area contributed by atoms with Crippen LogP contribution < -0.4 is 10.6 Å². The molecule has 6 nitrogen and oxygen atoms in total. The van der Waals surface area contributed by atoms with Gasteiger partial charge in [0.1, 0.15) is 11.0 Å². The summed E-state index contributed by atoms with van der Waals surface area (Å²) < 4.78 is 0. The number of carbonyl (C=O) groups excluding carboxylic acids is 2. The average Bonchev–Trinajstić information content (AvgIpc) is 3.14. The van der Waals surface area contributed by atoms with E-state index in [4.69, 9.17) is 11.6 Å². The van der Waals surface area contributed by atoms with Gasteiger partial charge in [0.2, 0.25) is 16.9 Å². The highest BCUT2D eigenvalue weighted by atomic mass is 35.5. The van der Waals surface area contributed by atoms with Crippen molar-refractivity contribution in [3.8, 4) is 10.6 Å². The van der Waals surface area contributed by atoms with E-state index in [1.54, 1.807) is 12.1 Å². The molecular weight excluding hydrogens is 396 g/mol. The Morgan fingerprint density at radius 1 is 1.14 bits per heavy atom. The second-order valence-electron chi connectivity index (χ2n) is 6.80. The highest BCUT2D eigenvalue weighted by Gasteiger charge is 2.26. The second kappa shape index (κ2) is 11.1. The van der Waals surface area contributed by atoms with Crippen LogP contribution in [0.4, 0.5) is 5.13 Å². The van der Waals surface area contributed by atoms with Crippen LogP contribution in [0.5, 0.6) is 0 Å². The van der Waals surface area contributed by atoms with E-state index in [0.29, 0.717) is 21.6 Å². The number of unbranched alkanes of at least 4 members (excludes halogenated alkanes) is 2. The van der Waals surface area contributed by atoms with Gasteiger partial charge in [-0.1, -0.05) is 75.1 Å². The lowest BCUT2D eigenvalue weighted by atomic mass is 9.98. The number of aromatic nitrogens is 2. The third-order valence-corrected chi connectivity index (χ3v) is 5.71. The fourth-order valence-electron chi connectivity index (χ4n) is 2.65. The largest absolute Gasteiger partial charge is 0.344 e. The van der Waals surface area contributed by atoms with Crippen LogP contribution in [0.2, 0.25) is 5.02 Å². The van der Waals surface area contributed by atoms with Gasteiger partial charge in [-0.3, -0.25) is 14.9 Å². The molecule has 1 aromatic heterocycles. The van der Waals surface area contributed by atoms with E-state index in [0.717, 1.165) is 31.2 Å². The lowest BCUT2D eigenvalue weighted by Gasteiger charge is -2.23. The first-order valence-electron chi connectivity index (χ1n) is 9.64. The van der Waals surface area contributed by atoms with Gasteiger partial charge < -0.3 is 5.32 Å². The molecule has 0 spiro atoms. The molecule has 152 valence electrons. The van der Waals surface area contributed by atoms with Crippen LogP contribution in [0.3, 0.4) is 0 Å². The maximum absolute atomic E-state index is 12.8. The normalized spacial score (nSPS) is 13.0. The number of nitrogens with zero attached hydrogens (tertiary/aromatic N) is 2. The SMILES string of the molecule is CCCCCC(=O)N[C@@H](C(=O)Nc1nnc(-c2ccc(Cl)cc2)s1)[C@@H](C)CC. The van der Waals surface area contributed by atoms with Crippen molar-refractivity contribution in [1.82, 2.24) is 15.5 Å². The minimum Gasteiger partial charge on any atom is -0.344 e. The van der Waals surface area contributed by atoms with E-state index in [1.165, 1.54) is 11.3 Å². The number of anilines is 1. The summed E-state index contributed by atoms with van der Waals surface area (Å²) >= 11 is 7.19. The Bertz CT molecular complexity index is 779. The number of nitrogens with one attached hydrogen (secondary N) is 2. The zero-order valence-corrected chi connectivity index (χ0v) is 18.1. The standard InChI is InChI=1S/C20H27ClN4O2S/c1-4-6-7-8-16(26)22-17(13(3)5-2)18(27)23-20-25-24-19(28-20)14-9-11-15(21)12-10-14/h9-13,17H,4-8H2,1-3H3,(H,22,26)(H,23,25,27)/t13-,17+/m0/s1. The van der Waals surface area contributed by atoms with Crippen LogP contribution in [-0.2, 0) is 9.59 Å². The summed E-state index contributed by atoms with van der Waals surface area (Å²) in [6.45, 7) is 6.04. The van der Waals surface area contributed by atoms with Gasteiger partial charge >= 0.3 is 0 Å². The summed E-state index contributed by atoms with van der Waals surface area (Å²) in [6.07, 6.45) is 4.10. The molecular formula is C20H27ClN4O2S. The van der Waals surface area contributed by atoms with Crippen molar-refractivity contribution >= 4 is 39.9 Å². The number of rotatable bonds is 10. The number of halogens is 1. The van der Waals surface area contributed by atoms with Gasteiger partial charge in [0.15, 0.2) is 0 Å². The molecule has 0 bridgehead atoms. The van der Waals surface area contributed by atoms with Crippen molar-refractivity contribution in [2.24, 2.45) is 5.92 Å². The fourth-order valence-corrected chi connectivity index (χ4v) is 3.53. The third kappa shape index (κ3) is 6.56. The lowest BCUT2D eigenvalue weighted by Crippen LogP contribution is -2.47. The number of hydrogen-bond acceptors (Lipinski definition) is 5. The van der Waals surface area contributed by atoms with E-state index in [1.807, 2.05) is 26.0 Å².